The van der Waals surface area contributed by atoms with Crippen LogP contribution in [0.3, 0.4) is 0 Å². The average molecular weight is 295 g/mol. The van der Waals surface area contributed by atoms with E-state index in [0.717, 1.165) is 13.2 Å². The van der Waals surface area contributed by atoms with Crippen LogP contribution >= 0.6 is 0 Å². The molecule has 2 aromatic carbocycles. The molecule has 0 aromatic heterocycles. The summed E-state index contributed by atoms with van der Waals surface area (Å²) < 4.78 is 6.08. The molecule has 1 fully saturated rings. The van der Waals surface area contributed by atoms with Crippen LogP contribution in [0.5, 0.6) is 0 Å². The molecule has 2 atom stereocenters. The summed E-state index contributed by atoms with van der Waals surface area (Å²) in [7, 11) is 2.22. The van der Waals surface area contributed by atoms with Crippen molar-refractivity contribution in [3.63, 3.8) is 0 Å². The topological polar surface area (TPSA) is 12.5 Å². The second-order valence-corrected chi connectivity index (χ2v) is 6.68. The minimum absolute atomic E-state index is 0.172. The molecule has 1 aliphatic heterocycles. The highest BCUT2D eigenvalue weighted by molar-refractivity contribution is 5.23. The van der Waals surface area contributed by atoms with Gasteiger partial charge in [-0.05, 0) is 31.1 Å². The molecule has 2 heteroatoms. The standard InChI is InChI=1S/C20H25NO/c1-20(16-22-15-17-9-5-3-6-10-17)13-14-21(2)19(20)18-11-7-4-8-12-18/h3-12,19H,13-16H2,1-2H3/t19-,20+/m1/s1. The zero-order valence-corrected chi connectivity index (χ0v) is 13.5. The van der Waals surface area contributed by atoms with Gasteiger partial charge in [0.2, 0.25) is 0 Å². The van der Waals surface area contributed by atoms with E-state index in [2.05, 4.69) is 73.5 Å². The van der Waals surface area contributed by atoms with Crippen LogP contribution in [-0.4, -0.2) is 25.1 Å². The lowest BCUT2D eigenvalue weighted by molar-refractivity contribution is 0.0237. The lowest BCUT2D eigenvalue weighted by atomic mass is 9.80. The third kappa shape index (κ3) is 3.23. The summed E-state index contributed by atoms with van der Waals surface area (Å²) in [4.78, 5) is 2.46. The molecule has 0 unspecified atom stereocenters. The van der Waals surface area contributed by atoms with E-state index in [1.54, 1.807) is 0 Å². The maximum atomic E-state index is 6.08. The molecule has 2 nitrogen and oxygen atoms in total. The molecule has 1 heterocycles. The van der Waals surface area contributed by atoms with Gasteiger partial charge in [0.1, 0.15) is 0 Å². The van der Waals surface area contributed by atoms with E-state index in [0.29, 0.717) is 12.6 Å². The molecule has 0 saturated carbocycles. The number of hydrogen-bond donors (Lipinski definition) is 0. The molecule has 0 aliphatic carbocycles. The van der Waals surface area contributed by atoms with E-state index >= 15 is 0 Å². The first kappa shape index (κ1) is 15.3. The van der Waals surface area contributed by atoms with E-state index < -0.39 is 0 Å². The van der Waals surface area contributed by atoms with Gasteiger partial charge in [-0.3, -0.25) is 4.90 Å². The van der Waals surface area contributed by atoms with Gasteiger partial charge in [0.05, 0.1) is 13.2 Å². The Morgan fingerprint density at radius 3 is 2.36 bits per heavy atom. The Hall–Kier alpha value is -1.64. The summed E-state index contributed by atoms with van der Waals surface area (Å²) in [6.45, 7) is 4.98. The molecule has 1 saturated heterocycles. The fourth-order valence-corrected chi connectivity index (χ4v) is 3.65. The fourth-order valence-electron chi connectivity index (χ4n) is 3.65. The molecule has 0 N–H and O–H groups in total. The smallest absolute Gasteiger partial charge is 0.0717 e. The Morgan fingerprint density at radius 2 is 1.68 bits per heavy atom. The van der Waals surface area contributed by atoms with Crippen molar-refractivity contribution in [3.05, 3.63) is 71.8 Å². The van der Waals surface area contributed by atoms with Crippen molar-refractivity contribution in [2.24, 2.45) is 5.41 Å². The molecule has 2 aromatic rings. The summed E-state index contributed by atoms with van der Waals surface area (Å²) in [5.41, 5.74) is 2.81. The number of likely N-dealkylation sites (tertiary alicyclic amines) is 1. The van der Waals surface area contributed by atoms with Gasteiger partial charge in [-0.2, -0.15) is 0 Å². The molecule has 0 spiro atoms. The highest BCUT2D eigenvalue weighted by Gasteiger charge is 2.43. The quantitative estimate of drug-likeness (QED) is 0.816. The molecule has 1 aliphatic rings. The number of rotatable bonds is 5. The predicted molar refractivity (Wildman–Crippen MR) is 90.6 cm³/mol. The fraction of sp³-hybridized carbons (Fsp3) is 0.400. The summed E-state index contributed by atoms with van der Waals surface area (Å²) in [5.74, 6) is 0. The molecule has 22 heavy (non-hydrogen) atoms. The molecule has 116 valence electrons. The highest BCUT2D eigenvalue weighted by Crippen LogP contribution is 2.46. The minimum atomic E-state index is 0.172. The molecular formula is C20H25NO. The minimum Gasteiger partial charge on any atom is -0.376 e. The Bertz CT molecular complexity index is 583. The van der Waals surface area contributed by atoms with E-state index in [1.807, 2.05) is 6.07 Å². The molecule has 0 amide bonds. The third-order valence-electron chi connectivity index (χ3n) is 4.80. The predicted octanol–water partition coefficient (Wildman–Crippen LogP) is 4.29. The summed E-state index contributed by atoms with van der Waals surface area (Å²) >= 11 is 0. The van der Waals surface area contributed by atoms with Crippen LogP contribution in [0, 0.1) is 5.41 Å². The Labute approximate surface area is 133 Å². The lowest BCUT2D eigenvalue weighted by Gasteiger charge is -2.34. The van der Waals surface area contributed by atoms with Crippen molar-refractivity contribution in [2.45, 2.75) is 26.0 Å². The van der Waals surface area contributed by atoms with Crippen LogP contribution < -0.4 is 0 Å². The second kappa shape index (κ2) is 6.64. The average Bonchev–Trinajstić information content (AvgIpc) is 2.84. The van der Waals surface area contributed by atoms with E-state index in [9.17, 15) is 0 Å². The Kier molecular flexibility index (Phi) is 4.60. The van der Waals surface area contributed by atoms with Gasteiger partial charge in [-0.1, -0.05) is 67.6 Å². The first-order valence-corrected chi connectivity index (χ1v) is 8.06. The van der Waals surface area contributed by atoms with Gasteiger partial charge in [0, 0.05) is 11.5 Å². The zero-order chi connectivity index (χ0) is 15.4. The Balaban J connectivity index is 1.68. The summed E-state index contributed by atoms with van der Waals surface area (Å²) in [6.07, 6.45) is 1.18. The van der Waals surface area contributed by atoms with Crippen molar-refractivity contribution in [1.82, 2.24) is 4.90 Å². The largest absolute Gasteiger partial charge is 0.376 e. The van der Waals surface area contributed by atoms with E-state index in [1.165, 1.54) is 17.5 Å². The second-order valence-electron chi connectivity index (χ2n) is 6.68. The molecule has 0 bridgehead atoms. The number of ether oxygens (including phenoxy) is 1. The third-order valence-corrected chi connectivity index (χ3v) is 4.80. The van der Waals surface area contributed by atoms with Crippen molar-refractivity contribution >= 4 is 0 Å². The molecule has 3 rings (SSSR count). The van der Waals surface area contributed by atoms with E-state index in [-0.39, 0.29) is 5.41 Å². The SMILES string of the molecule is CN1CC[C@@](C)(COCc2ccccc2)[C@H]1c1ccccc1. The van der Waals surface area contributed by atoms with Crippen LogP contribution in [0.2, 0.25) is 0 Å². The highest BCUT2D eigenvalue weighted by atomic mass is 16.5. The van der Waals surface area contributed by atoms with Gasteiger partial charge >= 0.3 is 0 Å². The van der Waals surface area contributed by atoms with Crippen molar-refractivity contribution in [3.8, 4) is 0 Å². The van der Waals surface area contributed by atoms with Gasteiger partial charge in [0.25, 0.3) is 0 Å². The normalized spacial score (nSPS) is 25.5. The van der Waals surface area contributed by atoms with Crippen LogP contribution in [0.4, 0.5) is 0 Å². The number of benzene rings is 2. The molecular weight excluding hydrogens is 270 g/mol. The van der Waals surface area contributed by atoms with Crippen LogP contribution in [0.15, 0.2) is 60.7 Å². The number of nitrogens with zero attached hydrogens (tertiary/aromatic N) is 1. The lowest BCUT2D eigenvalue weighted by Crippen LogP contribution is -2.31. The van der Waals surface area contributed by atoms with Gasteiger partial charge < -0.3 is 4.74 Å². The van der Waals surface area contributed by atoms with Gasteiger partial charge in [-0.25, -0.2) is 0 Å². The summed E-state index contributed by atoms with van der Waals surface area (Å²) in [5, 5.41) is 0. The zero-order valence-electron chi connectivity index (χ0n) is 13.5. The number of hydrogen-bond acceptors (Lipinski definition) is 2. The molecule has 0 radical (unpaired) electrons. The van der Waals surface area contributed by atoms with Crippen molar-refractivity contribution in [1.29, 1.82) is 0 Å². The monoisotopic (exact) mass is 295 g/mol. The Morgan fingerprint density at radius 1 is 1.05 bits per heavy atom. The maximum Gasteiger partial charge on any atom is 0.0717 e. The first-order chi connectivity index (χ1) is 10.7. The van der Waals surface area contributed by atoms with E-state index in [4.69, 9.17) is 4.74 Å². The van der Waals surface area contributed by atoms with Crippen molar-refractivity contribution in [2.75, 3.05) is 20.2 Å². The van der Waals surface area contributed by atoms with Crippen LogP contribution in [-0.2, 0) is 11.3 Å². The maximum absolute atomic E-state index is 6.08. The first-order valence-electron chi connectivity index (χ1n) is 8.06. The van der Waals surface area contributed by atoms with Gasteiger partial charge in [0.15, 0.2) is 0 Å². The van der Waals surface area contributed by atoms with Crippen LogP contribution in [0.25, 0.3) is 0 Å². The summed E-state index contributed by atoms with van der Waals surface area (Å²) in [6, 6.07) is 21.7. The van der Waals surface area contributed by atoms with Gasteiger partial charge in [-0.15, -0.1) is 0 Å². The van der Waals surface area contributed by atoms with Crippen LogP contribution in [0.1, 0.15) is 30.5 Å². The van der Waals surface area contributed by atoms with Crippen molar-refractivity contribution < 1.29 is 4.74 Å².